The predicted octanol–water partition coefficient (Wildman–Crippen LogP) is 1.74. The summed E-state index contributed by atoms with van der Waals surface area (Å²) in [6.45, 7) is 0. The van der Waals surface area contributed by atoms with Crippen molar-refractivity contribution in [3.63, 3.8) is 0 Å². The van der Waals surface area contributed by atoms with E-state index in [1.807, 2.05) is 30.3 Å². The van der Waals surface area contributed by atoms with E-state index in [1.54, 1.807) is 6.07 Å². The number of benzene rings is 1. The fourth-order valence-electron chi connectivity index (χ4n) is 0.999. The van der Waals surface area contributed by atoms with Crippen molar-refractivity contribution in [1.82, 2.24) is 10.2 Å². The molecule has 0 aliphatic heterocycles. The first kappa shape index (κ1) is 6.98. The second kappa shape index (κ2) is 3.13. The van der Waals surface area contributed by atoms with Gasteiger partial charge in [-0.25, -0.2) is 0 Å². The van der Waals surface area contributed by atoms with Gasteiger partial charge < -0.3 is 0 Å². The topological polar surface area (TPSA) is 25.8 Å². The summed E-state index contributed by atoms with van der Waals surface area (Å²) >= 11 is 0. The van der Waals surface area contributed by atoms with Crippen LogP contribution >= 0.6 is 0 Å². The average Bonchev–Trinajstić information content (AvgIpc) is 2.21. The molecule has 2 heteroatoms. The lowest BCUT2D eigenvalue weighted by molar-refractivity contribution is 1.02. The van der Waals surface area contributed by atoms with Crippen molar-refractivity contribution in [3.05, 3.63) is 48.8 Å². The van der Waals surface area contributed by atoms with E-state index in [4.69, 9.17) is 0 Å². The SMILES string of the molecule is [c]1cc(-c2ccccc2)[c]nn1. The lowest BCUT2D eigenvalue weighted by Gasteiger charge is -1.96. The molecule has 12 heavy (non-hydrogen) atoms. The Bertz CT molecular complexity index is 305. The molecule has 0 amide bonds. The second-order valence-electron chi connectivity index (χ2n) is 2.36. The third-order valence-corrected chi connectivity index (χ3v) is 1.57. The molecule has 0 N–H and O–H groups in total. The van der Waals surface area contributed by atoms with Crippen molar-refractivity contribution in [2.24, 2.45) is 0 Å². The highest BCUT2D eigenvalue weighted by molar-refractivity contribution is 5.60. The maximum atomic E-state index is 3.63. The molecule has 0 fully saturated rings. The number of nitrogens with zero attached hydrogens (tertiary/aromatic N) is 2. The van der Waals surface area contributed by atoms with Gasteiger partial charge in [0.1, 0.15) is 12.4 Å². The van der Waals surface area contributed by atoms with E-state index in [9.17, 15) is 0 Å². The molecule has 0 bridgehead atoms. The Labute approximate surface area is 70.9 Å². The molecule has 56 valence electrons. The van der Waals surface area contributed by atoms with Crippen molar-refractivity contribution in [1.29, 1.82) is 0 Å². The largest absolute Gasteiger partial charge is 0.148 e. The van der Waals surface area contributed by atoms with Crippen LogP contribution in [0.25, 0.3) is 11.1 Å². The van der Waals surface area contributed by atoms with Gasteiger partial charge in [-0.05, 0) is 11.6 Å². The Balaban J connectivity index is 2.46. The molecule has 2 nitrogen and oxygen atoms in total. The molecule has 1 aromatic heterocycles. The molecular formula is C10H6N2. The molecule has 2 aromatic rings. The summed E-state index contributed by atoms with van der Waals surface area (Å²) in [6, 6.07) is 11.7. The van der Waals surface area contributed by atoms with Crippen LogP contribution in [0.4, 0.5) is 0 Å². The number of rotatable bonds is 1. The third kappa shape index (κ3) is 1.32. The number of hydrogen-bond acceptors (Lipinski definition) is 2. The van der Waals surface area contributed by atoms with Crippen LogP contribution in [0.1, 0.15) is 0 Å². The lowest BCUT2D eigenvalue weighted by atomic mass is 10.1. The molecule has 2 radical (unpaired) electrons. The van der Waals surface area contributed by atoms with Crippen LogP contribution in [0.5, 0.6) is 0 Å². The van der Waals surface area contributed by atoms with Crippen LogP contribution in [0.15, 0.2) is 36.4 Å². The van der Waals surface area contributed by atoms with Crippen LogP contribution in [0.2, 0.25) is 0 Å². The van der Waals surface area contributed by atoms with Crippen LogP contribution in [0, 0.1) is 12.4 Å². The molecule has 0 saturated carbocycles. The summed E-state index contributed by atoms with van der Waals surface area (Å²) in [6.07, 6.45) is 5.46. The second-order valence-corrected chi connectivity index (χ2v) is 2.36. The highest BCUT2D eigenvalue weighted by Crippen LogP contribution is 2.14. The zero-order chi connectivity index (χ0) is 8.23. The first-order valence-corrected chi connectivity index (χ1v) is 3.64. The van der Waals surface area contributed by atoms with Crippen LogP contribution in [-0.2, 0) is 0 Å². The standard InChI is InChI=1S/C10H6N2/c1-2-4-9(5-3-1)10-6-7-11-12-8-10/h1-6H. The van der Waals surface area contributed by atoms with Gasteiger partial charge in [-0.2, -0.15) is 0 Å². The predicted molar refractivity (Wildman–Crippen MR) is 45.1 cm³/mol. The Morgan fingerprint density at radius 3 is 2.50 bits per heavy atom. The van der Waals surface area contributed by atoms with Crippen molar-refractivity contribution in [3.8, 4) is 11.1 Å². The maximum Gasteiger partial charge on any atom is 0.122 e. The quantitative estimate of drug-likeness (QED) is 0.625. The normalized spacial score (nSPS) is 9.67. The summed E-state index contributed by atoms with van der Waals surface area (Å²) in [5, 5.41) is 7.17. The molecule has 0 unspecified atom stereocenters. The van der Waals surface area contributed by atoms with E-state index < -0.39 is 0 Å². The van der Waals surface area contributed by atoms with Crippen molar-refractivity contribution < 1.29 is 0 Å². The Kier molecular flexibility index (Phi) is 1.82. The molecule has 0 saturated heterocycles. The highest BCUT2D eigenvalue weighted by atomic mass is 15.1. The van der Waals surface area contributed by atoms with E-state index >= 15 is 0 Å². The molecule has 0 atom stereocenters. The van der Waals surface area contributed by atoms with Gasteiger partial charge in [0.15, 0.2) is 0 Å². The zero-order valence-corrected chi connectivity index (χ0v) is 6.36. The Hall–Kier alpha value is -1.70. The molecule has 0 aliphatic carbocycles. The van der Waals surface area contributed by atoms with Gasteiger partial charge in [0.05, 0.1) is 0 Å². The van der Waals surface area contributed by atoms with Crippen molar-refractivity contribution in [2.45, 2.75) is 0 Å². The smallest absolute Gasteiger partial charge is 0.122 e. The summed E-state index contributed by atoms with van der Waals surface area (Å²) in [4.78, 5) is 0. The monoisotopic (exact) mass is 154 g/mol. The summed E-state index contributed by atoms with van der Waals surface area (Å²) in [5.41, 5.74) is 2.01. The summed E-state index contributed by atoms with van der Waals surface area (Å²) in [7, 11) is 0. The van der Waals surface area contributed by atoms with Gasteiger partial charge in [-0.3, -0.25) is 0 Å². The fraction of sp³-hybridized carbons (Fsp3) is 0. The first-order chi connectivity index (χ1) is 5.97. The van der Waals surface area contributed by atoms with Crippen LogP contribution in [-0.4, -0.2) is 10.2 Å². The first-order valence-electron chi connectivity index (χ1n) is 3.64. The number of aromatic nitrogens is 2. The van der Waals surface area contributed by atoms with Crippen molar-refractivity contribution >= 4 is 0 Å². The maximum absolute atomic E-state index is 3.63. The molecule has 0 aliphatic rings. The minimum absolute atomic E-state index is 0.922. The summed E-state index contributed by atoms with van der Waals surface area (Å²) < 4.78 is 0. The molecule has 2 rings (SSSR count). The molecular weight excluding hydrogens is 148 g/mol. The van der Waals surface area contributed by atoms with E-state index in [0.29, 0.717) is 0 Å². The minimum Gasteiger partial charge on any atom is -0.148 e. The van der Waals surface area contributed by atoms with Crippen LogP contribution < -0.4 is 0 Å². The Morgan fingerprint density at radius 2 is 1.83 bits per heavy atom. The third-order valence-electron chi connectivity index (χ3n) is 1.57. The Morgan fingerprint density at radius 1 is 1.00 bits per heavy atom. The van der Waals surface area contributed by atoms with Gasteiger partial charge in [0.25, 0.3) is 0 Å². The molecule has 1 aromatic carbocycles. The van der Waals surface area contributed by atoms with Gasteiger partial charge in [0, 0.05) is 5.56 Å². The van der Waals surface area contributed by atoms with E-state index in [0.717, 1.165) is 11.1 Å². The van der Waals surface area contributed by atoms with E-state index in [1.165, 1.54) is 0 Å². The van der Waals surface area contributed by atoms with Gasteiger partial charge in [0.2, 0.25) is 0 Å². The van der Waals surface area contributed by atoms with E-state index in [-0.39, 0.29) is 0 Å². The molecule has 0 spiro atoms. The lowest BCUT2D eigenvalue weighted by Crippen LogP contribution is -1.82. The van der Waals surface area contributed by atoms with Gasteiger partial charge >= 0.3 is 0 Å². The number of hydrogen-bond donors (Lipinski definition) is 0. The fourth-order valence-corrected chi connectivity index (χ4v) is 0.999. The minimum atomic E-state index is 0.922. The molecule has 1 heterocycles. The van der Waals surface area contributed by atoms with Gasteiger partial charge in [-0.15, -0.1) is 10.2 Å². The van der Waals surface area contributed by atoms with Gasteiger partial charge in [-0.1, -0.05) is 30.3 Å². The highest BCUT2D eigenvalue weighted by Gasteiger charge is 1.94. The van der Waals surface area contributed by atoms with Crippen molar-refractivity contribution in [2.75, 3.05) is 0 Å². The zero-order valence-electron chi connectivity index (χ0n) is 6.36. The van der Waals surface area contributed by atoms with Crippen LogP contribution in [0.3, 0.4) is 0 Å². The average molecular weight is 154 g/mol. The van der Waals surface area contributed by atoms with E-state index in [2.05, 4.69) is 22.6 Å². The summed E-state index contributed by atoms with van der Waals surface area (Å²) in [5.74, 6) is 0.